The number of pyridine rings is 2. The van der Waals surface area contributed by atoms with Crippen LogP contribution in [0.25, 0.3) is 20.8 Å². The molecule has 43 heavy (non-hydrogen) atoms. The summed E-state index contributed by atoms with van der Waals surface area (Å²) in [5.74, 6) is 0.747. The molecule has 0 unspecified atom stereocenters. The molecule has 7 nitrogen and oxygen atoms in total. The maximum atomic E-state index is 15.0. The summed E-state index contributed by atoms with van der Waals surface area (Å²) in [6.07, 6.45) is 8.13. The van der Waals surface area contributed by atoms with E-state index in [0.29, 0.717) is 36.7 Å². The van der Waals surface area contributed by atoms with Gasteiger partial charge in [0.25, 0.3) is 0 Å². The van der Waals surface area contributed by atoms with Crippen molar-refractivity contribution in [2.45, 2.75) is 78.4 Å². The number of ketones is 1. The highest BCUT2D eigenvalue weighted by atomic mass is 32.1. The van der Waals surface area contributed by atoms with E-state index in [1.54, 1.807) is 35.5 Å². The van der Waals surface area contributed by atoms with Crippen molar-refractivity contribution in [3.8, 4) is 22.1 Å². The van der Waals surface area contributed by atoms with E-state index in [2.05, 4.69) is 9.97 Å². The Balaban J connectivity index is 1.28. The number of benzene rings is 1. The third-order valence-corrected chi connectivity index (χ3v) is 8.49. The van der Waals surface area contributed by atoms with Crippen molar-refractivity contribution in [3.05, 3.63) is 71.8 Å². The Hall–Kier alpha value is -3.85. The van der Waals surface area contributed by atoms with Crippen LogP contribution in [0.1, 0.15) is 70.9 Å². The van der Waals surface area contributed by atoms with Crippen LogP contribution in [0, 0.1) is 11.7 Å². The first-order valence-electron chi connectivity index (χ1n) is 14.9. The summed E-state index contributed by atoms with van der Waals surface area (Å²) in [5.41, 5.74) is 2.48. The molecule has 1 saturated carbocycles. The third kappa shape index (κ3) is 7.96. The summed E-state index contributed by atoms with van der Waals surface area (Å²) in [6.45, 7) is 8.58. The first-order chi connectivity index (χ1) is 20.6. The van der Waals surface area contributed by atoms with Gasteiger partial charge in [-0.2, -0.15) is 0 Å². The van der Waals surface area contributed by atoms with Gasteiger partial charge >= 0.3 is 6.09 Å². The normalized spacial score (nSPS) is 13.5. The van der Waals surface area contributed by atoms with Crippen molar-refractivity contribution >= 4 is 33.4 Å². The number of thiophene rings is 1. The Morgan fingerprint density at radius 2 is 1.84 bits per heavy atom. The van der Waals surface area contributed by atoms with Gasteiger partial charge in [0.1, 0.15) is 17.1 Å². The molecule has 1 fully saturated rings. The lowest BCUT2D eigenvalue weighted by atomic mass is 9.81. The summed E-state index contributed by atoms with van der Waals surface area (Å²) in [5, 5.41) is 0. The molecule has 5 rings (SSSR count). The zero-order valence-electron chi connectivity index (χ0n) is 25.2. The summed E-state index contributed by atoms with van der Waals surface area (Å²) in [4.78, 5) is 36.7. The summed E-state index contributed by atoms with van der Waals surface area (Å²) < 4.78 is 27.4. The number of amides is 1. The summed E-state index contributed by atoms with van der Waals surface area (Å²) in [6, 6.07) is 12.3. The Morgan fingerprint density at radius 1 is 1.05 bits per heavy atom. The zero-order chi connectivity index (χ0) is 30.6. The van der Waals surface area contributed by atoms with Crippen LogP contribution in [0.4, 0.5) is 9.18 Å². The van der Waals surface area contributed by atoms with Crippen molar-refractivity contribution in [1.82, 2.24) is 14.9 Å². The van der Waals surface area contributed by atoms with Gasteiger partial charge in [0, 0.05) is 37.8 Å². The van der Waals surface area contributed by atoms with Crippen LogP contribution >= 0.6 is 11.3 Å². The molecule has 0 saturated heterocycles. The van der Waals surface area contributed by atoms with Crippen molar-refractivity contribution < 1.29 is 23.5 Å². The summed E-state index contributed by atoms with van der Waals surface area (Å²) >= 11 is 1.46. The minimum Gasteiger partial charge on any atom is -0.453 e. The van der Waals surface area contributed by atoms with Crippen molar-refractivity contribution in [3.63, 3.8) is 0 Å². The SMILES string of the molecule is CCCN(Cc1ccc(-c2cc3nccc(Oc4ccc(CC(=O)CC5CCC5)cc4F)c3s2)nc1)C(=O)OC(C)(C)C. The fraction of sp³-hybridized carbons (Fsp3) is 0.412. The number of aromatic nitrogens is 2. The number of hydrogen-bond donors (Lipinski definition) is 0. The molecule has 0 bridgehead atoms. The van der Waals surface area contributed by atoms with Crippen LogP contribution in [0.2, 0.25) is 0 Å². The van der Waals surface area contributed by atoms with Crippen LogP contribution in [-0.4, -0.2) is 38.9 Å². The van der Waals surface area contributed by atoms with Gasteiger partial charge < -0.3 is 14.4 Å². The standard InChI is InChI=1S/C34H38FN3O4S/c1-5-15-38(33(40)42-34(2,3)4)21-24-9-11-27(37-20-24)31-19-28-32(43-31)30(13-14-36-28)41-29-12-10-23(18-26(29)35)17-25(39)16-22-7-6-8-22/h9-14,18-20,22H,5-8,15-17,21H2,1-4H3. The largest absolute Gasteiger partial charge is 0.453 e. The number of hydrogen-bond acceptors (Lipinski definition) is 7. The van der Waals surface area contributed by atoms with Crippen LogP contribution in [0.3, 0.4) is 0 Å². The van der Waals surface area contributed by atoms with E-state index in [4.69, 9.17) is 9.47 Å². The first kappa shape index (κ1) is 30.6. The van der Waals surface area contributed by atoms with Crippen molar-refractivity contribution in [2.75, 3.05) is 6.54 Å². The predicted octanol–water partition coefficient (Wildman–Crippen LogP) is 8.74. The van der Waals surface area contributed by atoms with Gasteiger partial charge in [0.2, 0.25) is 0 Å². The number of fused-ring (bicyclic) bond motifs is 1. The number of halogens is 1. The highest BCUT2D eigenvalue weighted by molar-refractivity contribution is 7.22. The van der Waals surface area contributed by atoms with Gasteiger partial charge in [-0.25, -0.2) is 9.18 Å². The quantitative estimate of drug-likeness (QED) is 0.171. The average Bonchev–Trinajstić information content (AvgIpc) is 3.37. The molecule has 0 atom stereocenters. The van der Waals surface area contributed by atoms with Gasteiger partial charge in [0.05, 0.1) is 27.3 Å². The van der Waals surface area contributed by atoms with Crippen LogP contribution < -0.4 is 4.74 Å². The topological polar surface area (TPSA) is 81.6 Å². The molecule has 226 valence electrons. The molecule has 1 aliphatic carbocycles. The highest BCUT2D eigenvalue weighted by Crippen LogP contribution is 2.39. The molecule has 1 aliphatic rings. The number of nitrogens with zero attached hydrogens (tertiary/aromatic N) is 3. The second kappa shape index (κ2) is 13.2. The number of carbonyl (C=O) groups excluding carboxylic acids is 2. The lowest BCUT2D eigenvalue weighted by molar-refractivity contribution is -0.119. The maximum absolute atomic E-state index is 15.0. The van der Waals surface area contributed by atoms with E-state index < -0.39 is 11.4 Å². The number of ether oxygens (including phenoxy) is 2. The van der Waals surface area contributed by atoms with E-state index in [0.717, 1.165) is 45.6 Å². The fourth-order valence-electron chi connectivity index (χ4n) is 5.01. The Labute approximate surface area is 256 Å². The summed E-state index contributed by atoms with van der Waals surface area (Å²) in [7, 11) is 0. The first-order valence-corrected chi connectivity index (χ1v) is 15.7. The van der Waals surface area contributed by atoms with E-state index in [1.807, 2.05) is 45.9 Å². The minimum absolute atomic E-state index is 0.0988. The number of carbonyl (C=O) groups is 2. The monoisotopic (exact) mass is 603 g/mol. The Kier molecular flexibility index (Phi) is 9.40. The van der Waals surface area contributed by atoms with Gasteiger partial charge in [-0.1, -0.05) is 38.3 Å². The molecular weight excluding hydrogens is 565 g/mol. The Bertz CT molecular complexity index is 1590. The Morgan fingerprint density at radius 3 is 2.49 bits per heavy atom. The van der Waals surface area contributed by atoms with Crippen molar-refractivity contribution in [1.29, 1.82) is 0 Å². The van der Waals surface area contributed by atoms with E-state index in [1.165, 1.54) is 23.8 Å². The van der Waals surface area contributed by atoms with Gasteiger partial charge in [-0.15, -0.1) is 11.3 Å². The van der Waals surface area contributed by atoms with E-state index in [-0.39, 0.29) is 24.0 Å². The molecule has 4 aromatic rings. The minimum atomic E-state index is -0.562. The second-order valence-electron chi connectivity index (χ2n) is 12.2. The highest BCUT2D eigenvalue weighted by Gasteiger charge is 2.23. The molecule has 3 aromatic heterocycles. The number of rotatable bonds is 11. The van der Waals surface area contributed by atoms with E-state index >= 15 is 4.39 Å². The molecule has 1 aromatic carbocycles. The number of Topliss-reactive ketones (excluding diaryl/α,β-unsaturated/α-hetero) is 1. The van der Waals surface area contributed by atoms with Crippen LogP contribution in [0.5, 0.6) is 11.5 Å². The zero-order valence-corrected chi connectivity index (χ0v) is 26.0. The molecule has 1 amide bonds. The van der Waals surface area contributed by atoms with E-state index in [9.17, 15) is 9.59 Å². The fourth-order valence-corrected chi connectivity index (χ4v) is 6.05. The molecule has 9 heteroatoms. The smallest absolute Gasteiger partial charge is 0.410 e. The predicted molar refractivity (Wildman–Crippen MR) is 167 cm³/mol. The third-order valence-electron chi connectivity index (χ3n) is 7.33. The van der Waals surface area contributed by atoms with Crippen LogP contribution in [-0.2, 0) is 22.5 Å². The van der Waals surface area contributed by atoms with Gasteiger partial charge in [-0.3, -0.25) is 14.8 Å². The lowest BCUT2D eigenvalue weighted by Crippen LogP contribution is -2.36. The molecule has 3 heterocycles. The molecule has 0 N–H and O–H groups in total. The molecule has 0 radical (unpaired) electrons. The van der Waals surface area contributed by atoms with Gasteiger partial charge in [0.15, 0.2) is 11.6 Å². The molecular formula is C34H38FN3O4S. The second-order valence-corrected chi connectivity index (χ2v) is 13.2. The van der Waals surface area contributed by atoms with Crippen molar-refractivity contribution in [2.24, 2.45) is 5.92 Å². The van der Waals surface area contributed by atoms with Gasteiger partial charge in [-0.05, 0) is 68.5 Å². The maximum Gasteiger partial charge on any atom is 0.410 e. The average molecular weight is 604 g/mol. The molecule has 0 aliphatic heterocycles. The van der Waals surface area contributed by atoms with Crippen LogP contribution in [0.15, 0.2) is 54.9 Å². The lowest BCUT2D eigenvalue weighted by Gasteiger charge is -2.27. The molecule has 0 spiro atoms.